The van der Waals surface area contributed by atoms with E-state index >= 15 is 0 Å². The molecule has 0 N–H and O–H groups in total. The third-order valence-electron chi connectivity index (χ3n) is 3.29. The second-order valence-corrected chi connectivity index (χ2v) is 8.78. The van der Waals surface area contributed by atoms with Crippen LogP contribution in [0.3, 0.4) is 0 Å². The molecule has 116 valence electrons. The Hall–Kier alpha value is -0.336. The molecule has 1 aromatic rings. The zero-order valence-corrected chi connectivity index (χ0v) is 16.3. The maximum absolute atomic E-state index is 6.16. The Kier molecular flexibility index (Phi) is 8.20. The van der Waals surface area contributed by atoms with E-state index < -0.39 is 17.8 Å². The van der Waals surface area contributed by atoms with Crippen molar-refractivity contribution in [3.63, 3.8) is 0 Å². The Morgan fingerprint density at radius 1 is 1.14 bits per heavy atom. The fourth-order valence-corrected chi connectivity index (χ4v) is 3.91. The maximum atomic E-state index is 6.16. The molecule has 0 saturated carbocycles. The van der Waals surface area contributed by atoms with Gasteiger partial charge in [-0.15, -0.1) is 24.8 Å². The number of benzene rings is 1. The first-order valence-electron chi connectivity index (χ1n) is 6.71. The number of aryl methyl sites for hydroxylation is 1. The molecule has 0 bridgehead atoms. The standard InChI is InChI=1S/C11H16O.C5H5.CH2.2ClH.Ti/c1-8-5-9(11(2,3)4)7-10(12)6-8;1-2-4-5-3-1;;;;/h5-7,12H,1-4H3;1-3H,4H2;1H2;2*1H;/q;;;;;+1/p-1. The van der Waals surface area contributed by atoms with Gasteiger partial charge < -0.3 is 0 Å². The summed E-state index contributed by atoms with van der Waals surface area (Å²) in [6, 6.07) is 6.54. The predicted molar refractivity (Wildman–Crippen MR) is 94.0 cm³/mol. The Balaban J connectivity index is 0.00000200. The molecular weight excluding hydrogens is 339 g/mol. The fourth-order valence-electron chi connectivity index (χ4n) is 2.10. The zero-order valence-electron chi connectivity index (χ0n) is 13.1. The Morgan fingerprint density at radius 3 is 2.33 bits per heavy atom. The van der Waals surface area contributed by atoms with Gasteiger partial charge in [-0.25, -0.2) is 0 Å². The van der Waals surface area contributed by atoms with Crippen LogP contribution in [0, 0.1) is 6.92 Å². The summed E-state index contributed by atoms with van der Waals surface area (Å²) in [4.78, 5) is 4.27. The monoisotopic (exact) mass is 362 g/mol. The van der Waals surface area contributed by atoms with Gasteiger partial charge in [0.25, 0.3) is 0 Å². The summed E-state index contributed by atoms with van der Waals surface area (Å²) in [7, 11) is 0. The Morgan fingerprint density at radius 2 is 1.81 bits per heavy atom. The summed E-state index contributed by atoms with van der Waals surface area (Å²) >= 11 is -1.81. The van der Waals surface area contributed by atoms with E-state index in [2.05, 4.69) is 68.9 Å². The summed E-state index contributed by atoms with van der Waals surface area (Å²) in [5.41, 5.74) is 2.73. The van der Waals surface area contributed by atoms with Crippen molar-refractivity contribution in [1.29, 1.82) is 0 Å². The van der Waals surface area contributed by atoms with Crippen LogP contribution >= 0.6 is 24.8 Å². The fraction of sp³-hybridized carbons (Fsp3) is 0.353. The van der Waals surface area contributed by atoms with E-state index in [1.807, 2.05) is 0 Å². The summed E-state index contributed by atoms with van der Waals surface area (Å²) in [5.74, 6) is 0.989. The zero-order chi connectivity index (χ0) is 14.0. The van der Waals surface area contributed by atoms with Crippen molar-refractivity contribution in [2.75, 3.05) is 0 Å². The first kappa shape index (κ1) is 20.7. The molecule has 1 aliphatic rings. The van der Waals surface area contributed by atoms with Gasteiger partial charge in [-0.1, -0.05) is 0 Å². The van der Waals surface area contributed by atoms with E-state index in [1.165, 1.54) is 15.0 Å². The molecule has 0 aromatic heterocycles. The van der Waals surface area contributed by atoms with E-state index in [9.17, 15) is 0 Å². The first-order valence-corrected chi connectivity index (χ1v) is 9.23. The van der Waals surface area contributed by atoms with E-state index in [-0.39, 0.29) is 30.2 Å². The van der Waals surface area contributed by atoms with Crippen LogP contribution in [-0.4, -0.2) is 4.82 Å². The van der Waals surface area contributed by atoms with Crippen LogP contribution in [0.1, 0.15) is 38.3 Å². The molecule has 0 aliphatic heterocycles. The van der Waals surface area contributed by atoms with E-state index in [1.54, 1.807) is 0 Å². The van der Waals surface area contributed by atoms with Gasteiger partial charge in [-0.3, -0.25) is 0 Å². The minimum absolute atomic E-state index is 0. The average Bonchev–Trinajstić information content (AvgIpc) is 2.80. The molecule has 0 heterocycles. The molecule has 1 aromatic carbocycles. The summed E-state index contributed by atoms with van der Waals surface area (Å²) in [5, 5.41) is 0. The predicted octanol–water partition coefficient (Wildman–Crippen LogP) is 5.32. The Bertz CT molecular complexity index is 569. The summed E-state index contributed by atoms with van der Waals surface area (Å²) < 4.78 is 7.56. The van der Waals surface area contributed by atoms with E-state index in [0.717, 1.165) is 12.2 Å². The molecule has 21 heavy (non-hydrogen) atoms. The van der Waals surface area contributed by atoms with Crippen molar-refractivity contribution >= 4 is 29.6 Å². The van der Waals surface area contributed by atoms with Gasteiger partial charge in [0.1, 0.15) is 0 Å². The molecule has 0 unspecified atom stereocenters. The van der Waals surface area contributed by atoms with Crippen molar-refractivity contribution < 1.29 is 21.1 Å². The van der Waals surface area contributed by atoms with Crippen molar-refractivity contribution in [3.05, 3.63) is 51.4 Å². The van der Waals surface area contributed by atoms with Crippen LogP contribution in [-0.2, 0) is 23.2 Å². The number of allylic oxidation sites excluding steroid dienone is 4. The van der Waals surface area contributed by atoms with Crippen molar-refractivity contribution in [3.8, 4) is 5.75 Å². The topological polar surface area (TPSA) is 9.23 Å². The summed E-state index contributed by atoms with van der Waals surface area (Å²) in [6.45, 7) is 8.82. The van der Waals surface area contributed by atoms with Crippen LogP contribution in [0.4, 0.5) is 0 Å². The molecule has 0 atom stereocenters. The van der Waals surface area contributed by atoms with Crippen molar-refractivity contribution in [2.24, 2.45) is 0 Å². The molecular formula is C17H24Cl2OTi. The molecule has 0 radical (unpaired) electrons. The van der Waals surface area contributed by atoms with Gasteiger partial charge in [0.05, 0.1) is 0 Å². The van der Waals surface area contributed by atoms with Gasteiger partial charge in [0, 0.05) is 0 Å². The molecule has 4 heteroatoms. The van der Waals surface area contributed by atoms with Gasteiger partial charge >= 0.3 is 123 Å². The van der Waals surface area contributed by atoms with Gasteiger partial charge in [-0.2, -0.15) is 0 Å². The molecule has 1 aliphatic carbocycles. The molecule has 2 rings (SSSR count). The number of rotatable bonds is 3. The number of hydrogen-bond acceptors (Lipinski definition) is 1. The van der Waals surface area contributed by atoms with Crippen LogP contribution < -0.4 is 3.32 Å². The normalized spacial score (nSPS) is 13.0. The second-order valence-electron chi connectivity index (χ2n) is 6.13. The third-order valence-corrected chi connectivity index (χ3v) is 5.74. The van der Waals surface area contributed by atoms with E-state index in [0.29, 0.717) is 0 Å². The molecule has 0 amide bonds. The number of hydrogen-bond donors (Lipinski definition) is 0. The van der Waals surface area contributed by atoms with Crippen LogP contribution in [0.2, 0.25) is 0 Å². The Labute approximate surface area is 147 Å². The SMILES string of the molecule is Cl.Cl.[CH2]=[Ti]([O]c1cc(C)cc(C(C)(C)C)c1)[C]1=CC=CC1. The molecule has 0 saturated heterocycles. The minimum atomic E-state index is -1.81. The quantitative estimate of drug-likeness (QED) is 0.660. The van der Waals surface area contributed by atoms with Crippen molar-refractivity contribution in [1.82, 2.24) is 0 Å². The van der Waals surface area contributed by atoms with Crippen LogP contribution in [0.25, 0.3) is 0 Å². The molecule has 1 nitrogen and oxygen atoms in total. The van der Waals surface area contributed by atoms with Crippen LogP contribution in [0.15, 0.2) is 40.3 Å². The average molecular weight is 363 g/mol. The summed E-state index contributed by atoms with van der Waals surface area (Å²) in [6.07, 6.45) is 7.47. The van der Waals surface area contributed by atoms with Crippen molar-refractivity contribution in [2.45, 2.75) is 39.5 Å². The van der Waals surface area contributed by atoms with Gasteiger partial charge in [0.15, 0.2) is 0 Å². The molecule has 0 fully saturated rings. The van der Waals surface area contributed by atoms with Gasteiger partial charge in [-0.05, 0) is 0 Å². The van der Waals surface area contributed by atoms with Crippen LogP contribution in [0.5, 0.6) is 5.75 Å². The molecule has 0 spiro atoms. The van der Waals surface area contributed by atoms with Gasteiger partial charge in [0.2, 0.25) is 0 Å². The first-order chi connectivity index (χ1) is 8.86. The number of halogens is 2. The second kappa shape index (κ2) is 8.34. The third kappa shape index (κ3) is 5.75. The van der Waals surface area contributed by atoms with E-state index in [4.69, 9.17) is 3.32 Å².